The normalized spacial score (nSPS) is 16.5. The molecule has 0 saturated carbocycles. The number of carbonyl (C=O) groups is 1. The summed E-state index contributed by atoms with van der Waals surface area (Å²) in [6.07, 6.45) is 0. The van der Waals surface area contributed by atoms with Crippen LogP contribution in [0.25, 0.3) is 0 Å². The highest BCUT2D eigenvalue weighted by Crippen LogP contribution is 2.36. The van der Waals surface area contributed by atoms with Crippen LogP contribution in [0, 0.1) is 0 Å². The molecule has 0 radical (unpaired) electrons. The van der Waals surface area contributed by atoms with Gasteiger partial charge < -0.3 is 19.4 Å². The Morgan fingerprint density at radius 3 is 2.06 bits per heavy atom. The number of hydrogen-bond donors (Lipinski definition) is 1. The summed E-state index contributed by atoms with van der Waals surface area (Å²) >= 11 is 0. The van der Waals surface area contributed by atoms with E-state index in [1.54, 1.807) is 0 Å². The molecule has 3 aromatic rings. The molecule has 0 aliphatic carbocycles. The highest BCUT2D eigenvalue weighted by molar-refractivity contribution is 6.62. The summed E-state index contributed by atoms with van der Waals surface area (Å²) in [4.78, 5) is 12.8. The van der Waals surface area contributed by atoms with E-state index >= 15 is 0 Å². The molecule has 1 saturated heterocycles. The molecule has 0 bridgehead atoms. The highest BCUT2D eigenvalue weighted by atomic mass is 16.7. The summed E-state index contributed by atoms with van der Waals surface area (Å²) in [7, 11) is -0.470. The summed E-state index contributed by atoms with van der Waals surface area (Å²) in [6.45, 7) is 9.14. The van der Waals surface area contributed by atoms with E-state index in [0.717, 1.165) is 16.6 Å². The Labute approximate surface area is 196 Å². The van der Waals surface area contributed by atoms with Crippen molar-refractivity contribution in [2.45, 2.75) is 52.1 Å². The van der Waals surface area contributed by atoms with Crippen molar-refractivity contribution in [2.75, 3.05) is 5.32 Å². The van der Waals surface area contributed by atoms with Crippen molar-refractivity contribution in [2.24, 2.45) is 0 Å². The zero-order valence-corrected chi connectivity index (χ0v) is 19.6. The van der Waals surface area contributed by atoms with Crippen molar-refractivity contribution in [3.63, 3.8) is 0 Å². The van der Waals surface area contributed by atoms with Crippen LogP contribution >= 0.6 is 0 Å². The smallest absolute Gasteiger partial charge is 0.399 e. The highest BCUT2D eigenvalue weighted by Gasteiger charge is 2.51. The van der Waals surface area contributed by atoms with E-state index in [4.69, 9.17) is 14.0 Å². The molecule has 3 aromatic carbocycles. The summed E-state index contributed by atoms with van der Waals surface area (Å²) in [6, 6.07) is 25.1. The fourth-order valence-electron chi connectivity index (χ4n) is 3.56. The number of nitrogens with one attached hydrogen (secondary N) is 1. The van der Waals surface area contributed by atoms with Crippen LogP contribution in [0.2, 0.25) is 0 Å². The predicted octanol–water partition coefficient (Wildman–Crippen LogP) is 4.95. The molecule has 1 fully saturated rings. The minimum Gasteiger partial charge on any atom is -0.399 e. The van der Waals surface area contributed by atoms with Crippen molar-refractivity contribution in [1.82, 2.24) is 0 Å². The number of ether oxygens (including phenoxy) is 1. The molecular weight excluding hydrogens is 413 g/mol. The molecule has 0 unspecified atom stereocenters. The molecule has 0 atom stereocenters. The van der Waals surface area contributed by atoms with Crippen LogP contribution in [0.5, 0.6) is 0 Å². The van der Waals surface area contributed by atoms with E-state index in [-0.39, 0.29) is 5.91 Å². The monoisotopic (exact) mass is 443 g/mol. The summed E-state index contributed by atoms with van der Waals surface area (Å²) in [5, 5.41) is 2.97. The number of benzene rings is 3. The average molecular weight is 443 g/mol. The van der Waals surface area contributed by atoms with E-state index < -0.39 is 18.3 Å². The molecule has 4 rings (SSSR count). The quantitative estimate of drug-likeness (QED) is 0.525. The van der Waals surface area contributed by atoms with Gasteiger partial charge in [-0.05, 0) is 68.6 Å². The Kier molecular flexibility index (Phi) is 6.70. The average Bonchev–Trinajstić information content (AvgIpc) is 3.02. The van der Waals surface area contributed by atoms with Crippen LogP contribution in [0.3, 0.4) is 0 Å². The standard InChI is InChI=1S/C27H30BNO4/c1-26(2)27(3,4)33-28(32-26)23-11-8-12-24(17-23)29-25(30)22-15-13-21(14-16-22)19-31-18-20-9-6-5-7-10-20/h5-17H,18-19H2,1-4H3,(H,29,30). The van der Waals surface area contributed by atoms with Crippen molar-refractivity contribution in [3.05, 3.63) is 95.6 Å². The minimum atomic E-state index is -0.470. The van der Waals surface area contributed by atoms with E-state index in [0.29, 0.717) is 24.5 Å². The van der Waals surface area contributed by atoms with Gasteiger partial charge in [-0.2, -0.15) is 0 Å². The first-order valence-corrected chi connectivity index (χ1v) is 11.2. The lowest BCUT2D eigenvalue weighted by atomic mass is 9.79. The molecule has 6 heteroatoms. The van der Waals surface area contributed by atoms with Crippen LogP contribution in [0.4, 0.5) is 5.69 Å². The van der Waals surface area contributed by atoms with Gasteiger partial charge in [0.05, 0.1) is 24.4 Å². The van der Waals surface area contributed by atoms with Gasteiger partial charge >= 0.3 is 7.12 Å². The number of carbonyl (C=O) groups excluding carboxylic acids is 1. The first kappa shape index (κ1) is 23.2. The molecular formula is C27H30BNO4. The fourth-order valence-corrected chi connectivity index (χ4v) is 3.56. The van der Waals surface area contributed by atoms with Crippen molar-refractivity contribution < 1.29 is 18.8 Å². The minimum absolute atomic E-state index is 0.169. The molecule has 5 nitrogen and oxygen atoms in total. The third kappa shape index (κ3) is 5.53. The lowest BCUT2D eigenvalue weighted by Crippen LogP contribution is -2.41. The largest absolute Gasteiger partial charge is 0.494 e. The van der Waals surface area contributed by atoms with Gasteiger partial charge in [-0.15, -0.1) is 0 Å². The van der Waals surface area contributed by atoms with Crippen molar-refractivity contribution in [3.8, 4) is 0 Å². The Bertz CT molecular complexity index is 1080. The molecule has 1 N–H and O–H groups in total. The molecule has 0 aromatic heterocycles. The maximum Gasteiger partial charge on any atom is 0.494 e. The maximum absolute atomic E-state index is 12.8. The van der Waals surface area contributed by atoms with Crippen LogP contribution in [0.1, 0.15) is 49.2 Å². The summed E-state index contributed by atoms with van der Waals surface area (Å²) in [5.74, 6) is -0.169. The van der Waals surface area contributed by atoms with Crippen LogP contribution in [-0.2, 0) is 27.3 Å². The van der Waals surface area contributed by atoms with E-state index in [9.17, 15) is 4.79 Å². The molecule has 1 aliphatic rings. The van der Waals surface area contributed by atoms with Gasteiger partial charge in [-0.3, -0.25) is 4.79 Å². The summed E-state index contributed by atoms with van der Waals surface area (Å²) < 4.78 is 18.0. The molecule has 1 heterocycles. The second-order valence-corrected chi connectivity index (χ2v) is 9.34. The third-order valence-electron chi connectivity index (χ3n) is 6.27. The summed E-state index contributed by atoms with van der Waals surface area (Å²) in [5.41, 5.74) is 3.48. The molecule has 1 amide bonds. The Morgan fingerprint density at radius 2 is 1.42 bits per heavy atom. The van der Waals surface area contributed by atoms with Crippen molar-refractivity contribution in [1.29, 1.82) is 0 Å². The van der Waals surface area contributed by atoms with Gasteiger partial charge in [0.2, 0.25) is 0 Å². The predicted molar refractivity (Wildman–Crippen MR) is 131 cm³/mol. The zero-order valence-electron chi connectivity index (χ0n) is 19.6. The number of anilines is 1. The number of amides is 1. The Hall–Kier alpha value is -2.93. The zero-order chi connectivity index (χ0) is 23.5. The third-order valence-corrected chi connectivity index (χ3v) is 6.27. The lowest BCUT2D eigenvalue weighted by Gasteiger charge is -2.32. The van der Waals surface area contributed by atoms with E-state index in [2.05, 4.69) is 5.32 Å². The van der Waals surface area contributed by atoms with Crippen molar-refractivity contribution >= 4 is 24.2 Å². The lowest BCUT2D eigenvalue weighted by molar-refractivity contribution is 0.00578. The van der Waals surface area contributed by atoms with E-state index in [1.165, 1.54) is 0 Å². The molecule has 33 heavy (non-hydrogen) atoms. The second kappa shape index (κ2) is 9.52. The van der Waals surface area contributed by atoms with Crippen LogP contribution < -0.4 is 10.8 Å². The fraction of sp³-hybridized carbons (Fsp3) is 0.296. The van der Waals surface area contributed by atoms with Crippen LogP contribution in [-0.4, -0.2) is 24.2 Å². The first-order valence-electron chi connectivity index (χ1n) is 11.2. The Morgan fingerprint density at radius 1 is 0.818 bits per heavy atom. The van der Waals surface area contributed by atoms with Gasteiger partial charge in [0.25, 0.3) is 5.91 Å². The first-order chi connectivity index (χ1) is 15.7. The van der Waals surface area contributed by atoms with Gasteiger partial charge in [0, 0.05) is 11.3 Å². The van der Waals surface area contributed by atoms with Gasteiger partial charge in [0.1, 0.15) is 0 Å². The topological polar surface area (TPSA) is 56.8 Å². The van der Waals surface area contributed by atoms with Gasteiger partial charge in [-0.25, -0.2) is 0 Å². The molecule has 170 valence electrons. The second-order valence-electron chi connectivity index (χ2n) is 9.34. The van der Waals surface area contributed by atoms with Gasteiger partial charge in [0.15, 0.2) is 0 Å². The number of rotatable bonds is 7. The molecule has 0 spiro atoms. The SMILES string of the molecule is CC1(C)OB(c2cccc(NC(=O)c3ccc(COCc4ccccc4)cc3)c2)OC1(C)C. The number of hydrogen-bond acceptors (Lipinski definition) is 4. The molecule has 1 aliphatic heterocycles. The van der Waals surface area contributed by atoms with Crippen LogP contribution in [0.15, 0.2) is 78.9 Å². The van der Waals surface area contributed by atoms with E-state index in [1.807, 2.05) is 107 Å². The maximum atomic E-state index is 12.8. The Balaban J connectivity index is 1.34. The van der Waals surface area contributed by atoms with Gasteiger partial charge in [-0.1, -0.05) is 54.6 Å².